The van der Waals surface area contributed by atoms with Crippen molar-refractivity contribution >= 4 is 0 Å². The molecular formula is C12H14F3N. The van der Waals surface area contributed by atoms with Gasteiger partial charge in [-0.3, -0.25) is 0 Å². The maximum atomic E-state index is 12.3. The molecule has 0 aliphatic heterocycles. The van der Waals surface area contributed by atoms with Crippen LogP contribution >= 0.6 is 0 Å². The van der Waals surface area contributed by atoms with Gasteiger partial charge in [-0.2, -0.15) is 13.2 Å². The van der Waals surface area contributed by atoms with E-state index in [-0.39, 0.29) is 6.04 Å². The fourth-order valence-corrected chi connectivity index (χ4v) is 1.35. The Morgan fingerprint density at radius 1 is 1.19 bits per heavy atom. The van der Waals surface area contributed by atoms with Gasteiger partial charge in [0.15, 0.2) is 0 Å². The van der Waals surface area contributed by atoms with E-state index in [9.17, 15) is 13.2 Å². The highest BCUT2D eigenvalue weighted by atomic mass is 19.4. The Bertz CT molecular complexity index is 372. The van der Waals surface area contributed by atoms with Gasteiger partial charge in [-0.15, -0.1) is 0 Å². The van der Waals surface area contributed by atoms with Gasteiger partial charge in [-0.05, 0) is 31.5 Å². The lowest BCUT2D eigenvalue weighted by atomic mass is 10.0. The summed E-state index contributed by atoms with van der Waals surface area (Å²) in [6, 6.07) is 4.56. The van der Waals surface area contributed by atoms with Crippen molar-refractivity contribution in [3.8, 4) is 0 Å². The van der Waals surface area contributed by atoms with Crippen LogP contribution in [0.25, 0.3) is 0 Å². The van der Waals surface area contributed by atoms with Gasteiger partial charge in [-0.25, -0.2) is 0 Å². The molecule has 16 heavy (non-hydrogen) atoms. The molecule has 1 unspecified atom stereocenters. The third-order valence-corrected chi connectivity index (χ3v) is 2.14. The summed E-state index contributed by atoms with van der Waals surface area (Å²) in [6.07, 6.45) is -2.48. The molecule has 88 valence electrons. The van der Waals surface area contributed by atoms with E-state index in [0.29, 0.717) is 5.56 Å². The van der Waals surface area contributed by atoms with Crippen LogP contribution in [-0.4, -0.2) is 0 Å². The van der Waals surface area contributed by atoms with Gasteiger partial charge in [-0.1, -0.05) is 23.8 Å². The summed E-state index contributed by atoms with van der Waals surface area (Å²) in [5.41, 5.74) is 6.86. The molecule has 0 amide bonds. The molecule has 1 aromatic rings. The molecule has 0 aliphatic carbocycles. The number of benzene rings is 1. The maximum absolute atomic E-state index is 12.3. The van der Waals surface area contributed by atoms with E-state index in [4.69, 9.17) is 5.73 Å². The van der Waals surface area contributed by atoms with Crippen LogP contribution in [0.3, 0.4) is 0 Å². The molecule has 0 radical (unpaired) electrons. The first-order valence-electron chi connectivity index (χ1n) is 4.88. The van der Waals surface area contributed by atoms with Gasteiger partial charge in [0.1, 0.15) is 0 Å². The van der Waals surface area contributed by atoms with Gasteiger partial charge >= 0.3 is 6.18 Å². The summed E-state index contributed by atoms with van der Waals surface area (Å²) in [6.45, 7) is 3.79. The quantitative estimate of drug-likeness (QED) is 0.769. The van der Waals surface area contributed by atoms with Crippen molar-refractivity contribution in [2.24, 2.45) is 5.73 Å². The van der Waals surface area contributed by atoms with Crippen molar-refractivity contribution in [1.82, 2.24) is 0 Å². The molecule has 0 saturated heterocycles. The Hall–Kier alpha value is -1.29. The second-order valence-electron chi connectivity index (χ2n) is 3.89. The van der Waals surface area contributed by atoms with Crippen LogP contribution in [0.15, 0.2) is 35.9 Å². The molecule has 0 aromatic heterocycles. The van der Waals surface area contributed by atoms with Gasteiger partial charge in [0.05, 0.1) is 5.56 Å². The minimum absolute atomic E-state index is 0.354. The molecule has 0 fully saturated rings. The van der Waals surface area contributed by atoms with Crippen LogP contribution in [0.4, 0.5) is 13.2 Å². The van der Waals surface area contributed by atoms with Gasteiger partial charge in [0.2, 0.25) is 0 Å². The van der Waals surface area contributed by atoms with Crippen molar-refractivity contribution < 1.29 is 13.2 Å². The lowest BCUT2D eigenvalue weighted by Gasteiger charge is -2.10. The Balaban J connectivity index is 2.91. The summed E-state index contributed by atoms with van der Waals surface area (Å²) < 4.78 is 36.9. The highest BCUT2D eigenvalue weighted by Crippen LogP contribution is 2.29. The topological polar surface area (TPSA) is 26.0 Å². The molecule has 0 heterocycles. The molecule has 0 spiro atoms. The number of hydrogen-bond acceptors (Lipinski definition) is 1. The van der Waals surface area contributed by atoms with Crippen LogP contribution < -0.4 is 5.73 Å². The lowest BCUT2D eigenvalue weighted by molar-refractivity contribution is -0.137. The summed E-state index contributed by atoms with van der Waals surface area (Å²) in [5.74, 6) is 0. The maximum Gasteiger partial charge on any atom is 0.416 e. The van der Waals surface area contributed by atoms with Crippen LogP contribution in [0, 0.1) is 0 Å². The minimum Gasteiger partial charge on any atom is -0.321 e. The molecular weight excluding hydrogens is 215 g/mol. The number of hydrogen-bond donors (Lipinski definition) is 1. The standard InChI is InChI=1S/C12H14F3N/c1-8(2)7-11(16)9-3-5-10(6-4-9)12(13,14)15/h3-7,11H,16H2,1-2H3. The first-order valence-corrected chi connectivity index (χ1v) is 4.88. The van der Waals surface area contributed by atoms with Crippen LogP contribution in [0.1, 0.15) is 31.0 Å². The Morgan fingerprint density at radius 3 is 2.06 bits per heavy atom. The molecule has 0 aliphatic rings. The van der Waals surface area contributed by atoms with Crippen molar-refractivity contribution in [1.29, 1.82) is 0 Å². The van der Waals surface area contributed by atoms with E-state index < -0.39 is 11.7 Å². The van der Waals surface area contributed by atoms with E-state index in [2.05, 4.69) is 0 Å². The van der Waals surface area contributed by atoms with Crippen molar-refractivity contribution in [3.05, 3.63) is 47.0 Å². The fraction of sp³-hybridized carbons (Fsp3) is 0.333. The normalized spacial score (nSPS) is 13.4. The number of alkyl halides is 3. The predicted octanol–water partition coefficient (Wildman–Crippen LogP) is 3.67. The highest BCUT2D eigenvalue weighted by Gasteiger charge is 2.30. The monoisotopic (exact) mass is 229 g/mol. The van der Waals surface area contributed by atoms with Gasteiger partial charge in [0, 0.05) is 6.04 Å². The Kier molecular flexibility index (Phi) is 3.75. The molecule has 0 saturated carbocycles. The number of halogens is 3. The summed E-state index contributed by atoms with van der Waals surface area (Å²) in [7, 11) is 0. The van der Waals surface area contributed by atoms with Gasteiger partial charge < -0.3 is 5.73 Å². The van der Waals surface area contributed by atoms with Crippen LogP contribution in [-0.2, 0) is 6.18 Å². The fourth-order valence-electron chi connectivity index (χ4n) is 1.35. The first kappa shape index (κ1) is 12.8. The number of rotatable bonds is 2. The Labute approximate surface area is 92.8 Å². The predicted molar refractivity (Wildman–Crippen MR) is 57.8 cm³/mol. The summed E-state index contributed by atoms with van der Waals surface area (Å²) in [5, 5.41) is 0. The second kappa shape index (κ2) is 4.70. The largest absolute Gasteiger partial charge is 0.416 e. The smallest absolute Gasteiger partial charge is 0.321 e. The third kappa shape index (κ3) is 3.38. The third-order valence-electron chi connectivity index (χ3n) is 2.14. The molecule has 1 rings (SSSR count). The molecule has 2 N–H and O–H groups in total. The molecule has 4 heteroatoms. The van der Waals surface area contributed by atoms with Crippen molar-refractivity contribution in [2.75, 3.05) is 0 Å². The molecule has 1 aromatic carbocycles. The summed E-state index contributed by atoms with van der Waals surface area (Å²) >= 11 is 0. The SMILES string of the molecule is CC(C)=CC(N)c1ccc(C(F)(F)F)cc1. The number of nitrogens with two attached hydrogens (primary N) is 1. The Morgan fingerprint density at radius 2 is 1.69 bits per heavy atom. The first-order chi connectivity index (χ1) is 7.30. The van der Waals surface area contributed by atoms with E-state index >= 15 is 0 Å². The zero-order valence-corrected chi connectivity index (χ0v) is 9.18. The lowest BCUT2D eigenvalue weighted by Crippen LogP contribution is -2.09. The highest BCUT2D eigenvalue weighted by molar-refractivity contribution is 5.29. The van der Waals surface area contributed by atoms with E-state index in [1.165, 1.54) is 12.1 Å². The summed E-state index contributed by atoms with van der Waals surface area (Å²) in [4.78, 5) is 0. The van der Waals surface area contributed by atoms with Crippen molar-refractivity contribution in [3.63, 3.8) is 0 Å². The van der Waals surface area contributed by atoms with Gasteiger partial charge in [0.25, 0.3) is 0 Å². The van der Waals surface area contributed by atoms with Crippen LogP contribution in [0.2, 0.25) is 0 Å². The second-order valence-corrected chi connectivity index (χ2v) is 3.89. The van der Waals surface area contributed by atoms with Crippen LogP contribution in [0.5, 0.6) is 0 Å². The van der Waals surface area contributed by atoms with Crippen molar-refractivity contribution in [2.45, 2.75) is 26.1 Å². The van der Waals surface area contributed by atoms with E-state index in [1.807, 2.05) is 19.9 Å². The molecule has 1 atom stereocenters. The van der Waals surface area contributed by atoms with E-state index in [1.54, 1.807) is 0 Å². The number of allylic oxidation sites excluding steroid dienone is 1. The zero-order valence-electron chi connectivity index (χ0n) is 9.18. The molecule has 1 nitrogen and oxygen atoms in total. The molecule has 0 bridgehead atoms. The average Bonchev–Trinajstić information content (AvgIpc) is 2.15. The average molecular weight is 229 g/mol. The van der Waals surface area contributed by atoms with E-state index in [0.717, 1.165) is 17.7 Å². The minimum atomic E-state index is -4.29. The zero-order chi connectivity index (χ0) is 12.3.